The molecule has 1 amide bonds. The van der Waals surface area contributed by atoms with E-state index in [1.807, 2.05) is 6.07 Å². The first-order valence-corrected chi connectivity index (χ1v) is 7.14. The van der Waals surface area contributed by atoms with E-state index < -0.39 is 0 Å². The number of rotatable bonds is 3. The number of aryl methyl sites for hydroxylation is 1. The van der Waals surface area contributed by atoms with E-state index in [4.69, 9.17) is 0 Å². The van der Waals surface area contributed by atoms with Crippen LogP contribution in [0.15, 0.2) is 30.3 Å². The van der Waals surface area contributed by atoms with E-state index in [1.165, 1.54) is 16.3 Å². The van der Waals surface area contributed by atoms with Crippen LogP contribution in [0, 0.1) is 0 Å². The summed E-state index contributed by atoms with van der Waals surface area (Å²) in [4.78, 5) is 11.0. The summed E-state index contributed by atoms with van der Waals surface area (Å²) in [6.07, 6.45) is 2.89. The van der Waals surface area contributed by atoms with Gasteiger partial charge in [0.15, 0.2) is 0 Å². The van der Waals surface area contributed by atoms with Gasteiger partial charge in [-0.15, -0.1) is 0 Å². The molecule has 1 unspecified atom stereocenters. The number of carbonyl (C=O) groups excluding carboxylic acids is 1. The molecule has 0 aliphatic heterocycles. The third kappa shape index (κ3) is 2.24. The Kier molecular flexibility index (Phi) is 3.35. The Morgan fingerprint density at radius 1 is 1.35 bits per heavy atom. The van der Waals surface area contributed by atoms with Crippen LogP contribution in [0.2, 0.25) is 0 Å². The molecule has 0 bridgehead atoms. The van der Waals surface area contributed by atoms with Gasteiger partial charge in [0.1, 0.15) is 5.75 Å². The minimum absolute atomic E-state index is 0.0251. The van der Waals surface area contributed by atoms with Crippen molar-refractivity contribution in [3.63, 3.8) is 0 Å². The number of phenols is 1. The first-order chi connectivity index (χ1) is 9.66. The predicted octanol–water partition coefficient (Wildman–Crippen LogP) is 3.10. The van der Waals surface area contributed by atoms with Crippen molar-refractivity contribution in [2.45, 2.75) is 32.1 Å². The molecule has 2 aromatic rings. The molecule has 0 fully saturated rings. The highest BCUT2D eigenvalue weighted by atomic mass is 16.3. The highest BCUT2D eigenvalue weighted by Crippen LogP contribution is 2.41. The lowest BCUT2D eigenvalue weighted by molar-refractivity contribution is -0.118. The van der Waals surface area contributed by atoms with Gasteiger partial charge in [-0.05, 0) is 47.6 Å². The Hall–Kier alpha value is -2.03. The second kappa shape index (κ2) is 5.16. The number of amides is 1. The molecule has 3 rings (SSSR count). The fourth-order valence-electron chi connectivity index (χ4n) is 3.26. The molecule has 3 heteroatoms. The largest absolute Gasteiger partial charge is 0.508 e. The molecular weight excluding hydrogens is 250 g/mol. The minimum Gasteiger partial charge on any atom is -0.508 e. The van der Waals surface area contributed by atoms with Gasteiger partial charge in [0.2, 0.25) is 5.91 Å². The average Bonchev–Trinajstić information content (AvgIpc) is 2.44. The Balaban J connectivity index is 1.96. The molecule has 2 N–H and O–H groups in total. The van der Waals surface area contributed by atoms with Gasteiger partial charge < -0.3 is 10.4 Å². The summed E-state index contributed by atoms with van der Waals surface area (Å²) in [7, 11) is 0. The maximum Gasteiger partial charge on any atom is 0.216 e. The van der Waals surface area contributed by atoms with E-state index in [0.717, 1.165) is 24.8 Å². The van der Waals surface area contributed by atoms with Crippen LogP contribution in [0.1, 0.15) is 36.8 Å². The molecule has 0 heterocycles. The van der Waals surface area contributed by atoms with Crippen LogP contribution in [0.5, 0.6) is 5.75 Å². The van der Waals surface area contributed by atoms with Crippen molar-refractivity contribution in [2.75, 3.05) is 6.54 Å². The van der Waals surface area contributed by atoms with Gasteiger partial charge in [0.05, 0.1) is 0 Å². The summed E-state index contributed by atoms with van der Waals surface area (Å²) in [5, 5.41) is 15.3. The zero-order valence-electron chi connectivity index (χ0n) is 11.6. The van der Waals surface area contributed by atoms with Crippen molar-refractivity contribution in [1.29, 1.82) is 0 Å². The zero-order valence-corrected chi connectivity index (χ0v) is 11.6. The van der Waals surface area contributed by atoms with Crippen LogP contribution in [0.3, 0.4) is 0 Å². The molecule has 0 saturated carbocycles. The minimum atomic E-state index is 0.0251. The van der Waals surface area contributed by atoms with Gasteiger partial charge in [-0.2, -0.15) is 0 Å². The molecule has 0 radical (unpaired) electrons. The van der Waals surface area contributed by atoms with E-state index in [0.29, 0.717) is 18.2 Å². The van der Waals surface area contributed by atoms with Crippen LogP contribution in [-0.4, -0.2) is 17.6 Å². The standard InChI is InChI=1S/C17H19NO2/c1-11(19)18-10-9-12-5-7-15-16(20)8-6-13-3-2-4-14(12)17(13)15/h2-4,6,8,12,20H,5,7,9-10H2,1H3,(H,18,19). The average molecular weight is 269 g/mol. The van der Waals surface area contributed by atoms with Crippen LogP contribution in [-0.2, 0) is 11.2 Å². The van der Waals surface area contributed by atoms with E-state index in [1.54, 1.807) is 13.0 Å². The van der Waals surface area contributed by atoms with Crippen molar-refractivity contribution in [2.24, 2.45) is 0 Å². The van der Waals surface area contributed by atoms with Crippen LogP contribution in [0.4, 0.5) is 0 Å². The summed E-state index contributed by atoms with van der Waals surface area (Å²) in [5.41, 5.74) is 2.39. The molecule has 104 valence electrons. The first kappa shape index (κ1) is 13.0. The Labute approximate surface area is 118 Å². The van der Waals surface area contributed by atoms with Gasteiger partial charge in [0.25, 0.3) is 0 Å². The Bertz CT molecular complexity index is 663. The van der Waals surface area contributed by atoms with Crippen LogP contribution < -0.4 is 5.32 Å². The highest BCUT2D eigenvalue weighted by Gasteiger charge is 2.23. The molecule has 20 heavy (non-hydrogen) atoms. The topological polar surface area (TPSA) is 49.3 Å². The Morgan fingerprint density at radius 3 is 3.00 bits per heavy atom. The van der Waals surface area contributed by atoms with E-state index >= 15 is 0 Å². The SMILES string of the molecule is CC(=O)NCCC1CCc2c(O)ccc3cccc1c23. The number of nitrogens with one attached hydrogen (secondary N) is 1. The van der Waals surface area contributed by atoms with E-state index in [9.17, 15) is 9.90 Å². The first-order valence-electron chi connectivity index (χ1n) is 7.14. The van der Waals surface area contributed by atoms with Gasteiger partial charge >= 0.3 is 0 Å². The number of hydrogen-bond acceptors (Lipinski definition) is 2. The molecule has 0 spiro atoms. The lowest BCUT2D eigenvalue weighted by atomic mass is 9.79. The number of benzene rings is 2. The predicted molar refractivity (Wildman–Crippen MR) is 80.0 cm³/mol. The molecule has 1 aliphatic carbocycles. The fourth-order valence-corrected chi connectivity index (χ4v) is 3.26. The molecular formula is C17H19NO2. The van der Waals surface area contributed by atoms with Gasteiger partial charge in [-0.3, -0.25) is 4.79 Å². The second-order valence-electron chi connectivity index (χ2n) is 5.52. The summed E-state index contributed by atoms with van der Waals surface area (Å²) in [5.74, 6) is 0.891. The summed E-state index contributed by atoms with van der Waals surface area (Å²) in [6.45, 7) is 2.26. The second-order valence-corrected chi connectivity index (χ2v) is 5.52. The summed E-state index contributed by atoms with van der Waals surface area (Å²) >= 11 is 0. The molecule has 1 atom stereocenters. The number of phenolic OH excluding ortho intramolecular Hbond substituents is 1. The lowest BCUT2D eigenvalue weighted by Gasteiger charge is -2.26. The van der Waals surface area contributed by atoms with Crippen molar-refractivity contribution < 1.29 is 9.90 Å². The monoisotopic (exact) mass is 269 g/mol. The number of carbonyl (C=O) groups is 1. The summed E-state index contributed by atoms with van der Waals surface area (Å²) < 4.78 is 0. The molecule has 2 aromatic carbocycles. The molecule has 1 aliphatic rings. The highest BCUT2D eigenvalue weighted by molar-refractivity contribution is 5.91. The smallest absolute Gasteiger partial charge is 0.216 e. The van der Waals surface area contributed by atoms with Crippen molar-refractivity contribution >= 4 is 16.7 Å². The van der Waals surface area contributed by atoms with Crippen molar-refractivity contribution in [1.82, 2.24) is 5.32 Å². The van der Waals surface area contributed by atoms with Crippen LogP contribution in [0.25, 0.3) is 10.8 Å². The molecule has 0 saturated heterocycles. The molecule has 0 aromatic heterocycles. The van der Waals surface area contributed by atoms with Crippen molar-refractivity contribution in [3.8, 4) is 5.75 Å². The lowest BCUT2D eigenvalue weighted by Crippen LogP contribution is -2.23. The van der Waals surface area contributed by atoms with Gasteiger partial charge in [-0.1, -0.05) is 24.3 Å². The van der Waals surface area contributed by atoms with Gasteiger partial charge in [0, 0.05) is 19.0 Å². The van der Waals surface area contributed by atoms with E-state index in [2.05, 4.69) is 23.5 Å². The maximum absolute atomic E-state index is 11.0. The number of hydrogen-bond donors (Lipinski definition) is 2. The zero-order chi connectivity index (χ0) is 14.1. The fraction of sp³-hybridized carbons (Fsp3) is 0.353. The Morgan fingerprint density at radius 2 is 2.20 bits per heavy atom. The third-order valence-corrected chi connectivity index (χ3v) is 4.21. The quantitative estimate of drug-likeness (QED) is 0.899. The normalized spacial score (nSPS) is 17.1. The van der Waals surface area contributed by atoms with Crippen molar-refractivity contribution in [3.05, 3.63) is 41.5 Å². The van der Waals surface area contributed by atoms with Crippen LogP contribution >= 0.6 is 0 Å². The van der Waals surface area contributed by atoms with E-state index in [-0.39, 0.29) is 5.91 Å². The molecule has 3 nitrogen and oxygen atoms in total. The number of aromatic hydroxyl groups is 1. The third-order valence-electron chi connectivity index (χ3n) is 4.21. The van der Waals surface area contributed by atoms with Gasteiger partial charge in [-0.25, -0.2) is 0 Å². The maximum atomic E-state index is 11.0. The summed E-state index contributed by atoms with van der Waals surface area (Å²) in [6, 6.07) is 10.1.